The maximum absolute atomic E-state index is 12.6. The summed E-state index contributed by atoms with van der Waals surface area (Å²) >= 11 is 3.48. The molecule has 4 aliphatic carbocycles. The summed E-state index contributed by atoms with van der Waals surface area (Å²) < 4.78 is 7.03. The molecule has 4 heteroatoms. The van der Waals surface area contributed by atoms with E-state index in [4.69, 9.17) is 4.74 Å². The summed E-state index contributed by atoms with van der Waals surface area (Å²) in [6.45, 7) is 13.2. The molecule has 1 amide bonds. The minimum Gasteiger partial charge on any atom is -0.446 e. The van der Waals surface area contributed by atoms with Crippen molar-refractivity contribution >= 4 is 22.0 Å². The number of hydrogen-bond acceptors (Lipinski definition) is 2. The molecule has 0 bridgehead atoms. The summed E-state index contributed by atoms with van der Waals surface area (Å²) in [7, 11) is 0. The fraction of sp³-hybridized carbons (Fsp3) is 0.750. The number of carbonyl (C=O) groups is 1. The molecule has 3 saturated carbocycles. The van der Waals surface area contributed by atoms with Gasteiger partial charge in [-0.2, -0.15) is 0 Å². The Morgan fingerprint density at radius 2 is 1.80 bits per heavy atom. The molecule has 3 fully saturated rings. The molecule has 4 aliphatic rings. The Labute approximate surface area is 252 Å². The molecular formula is C36H54BrNO2. The number of amides is 1. The molecule has 3 nitrogen and oxygen atoms in total. The van der Waals surface area contributed by atoms with Crippen LogP contribution >= 0.6 is 15.9 Å². The molecule has 1 aromatic carbocycles. The molecule has 3 unspecified atom stereocenters. The first kappa shape index (κ1) is 30.2. The molecule has 8 atom stereocenters. The molecule has 0 radical (unpaired) electrons. The van der Waals surface area contributed by atoms with Crippen molar-refractivity contribution in [2.75, 3.05) is 6.54 Å². The lowest BCUT2D eigenvalue weighted by Gasteiger charge is -2.58. The number of carbonyl (C=O) groups excluding carboxylic acids is 1. The van der Waals surface area contributed by atoms with Crippen molar-refractivity contribution in [3.8, 4) is 0 Å². The van der Waals surface area contributed by atoms with E-state index < -0.39 is 0 Å². The second-order valence-corrected chi connectivity index (χ2v) is 15.8. The molecule has 0 saturated heterocycles. The number of benzene rings is 1. The zero-order chi connectivity index (χ0) is 28.5. The lowest BCUT2D eigenvalue weighted by molar-refractivity contribution is -0.0581. The highest BCUT2D eigenvalue weighted by molar-refractivity contribution is 9.10. The maximum atomic E-state index is 12.6. The van der Waals surface area contributed by atoms with Crippen LogP contribution in [0.15, 0.2) is 40.4 Å². The van der Waals surface area contributed by atoms with E-state index >= 15 is 0 Å². The van der Waals surface area contributed by atoms with Gasteiger partial charge in [0.05, 0.1) is 0 Å². The molecule has 0 spiro atoms. The number of hydrogen-bond donors (Lipinski definition) is 1. The molecule has 1 N–H and O–H groups in total. The van der Waals surface area contributed by atoms with E-state index in [0.717, 1.165) is 65.7 Å². The topological polar surface area (TPSA) is 38.3 Å². The van der Waals surface area contributed by atoms with Gasteiger partial charge in [0.25, 0.3) is 0 Å². The van der Waals surface area contributed by atoms with Crippen molar-refractivity contribution in [3.63, 3.8) is 0 Å². The van der Waals surface area contributed by atoms with Crippen LogP contribution in [0.1, 0.15) is 111 Å². The number of rotatable bonds is 9. The molecule has 0 aliphatic heterocycles. The average molecular weight is 613 g/mol. The minimum atomic E-state index is -0.257. The molecule has 5 rings (SSSR count). The van der Waals surface area contributed by atoms with Crippen LogP contribution in [0.4, 0.5) is 4.79 Å². The molecule has 222 valence electrons. The van der Waals surface area contributed by atoms with Crippen molar-refractivity contribution in [2.45, 2.75) is 118 Å². The van der Waals surface area contributed by atoms with E-state index in [1.165, 1.54) is 56.9 Å². The van der Waals surface area contributed by atoms with Gasteiger partial charge in [-0.1, -0.05) is 93.6 Å². The number of ether oxygens (including phenoxy) is 1. The minimum absolute atomic E-state index is 0.0139. The van der Waals surface area contributed by atoms with Gasteiger partial charge in [-0.05, 0) is 115 Å². The monoisotopic (exact) mass is 611 g/mol. The van der Waals surface area contributed by atoms with Crippen LogP contribution in [0.25, 0.3) is 0 Å². The van der Waals surface area contributed by atoms with Gasteiger partial charge in [-0.15, -0.1) is 0 Å². The first-order valence-electron chi connectivity index (χ1n) is 16.5. The van der Waals surface area contributed by atoms with Gasteiger partial charge in [0.2, 0.25) is 0 Å². The lowest BCUT2D eigenvalue weighted by Crippen LogP contribution is -2.51. The van der Waals surface area contributed by atoms with E-state index in [1.807, 2.05) is 12.1 Å². The van der Waals surface area contributed by atoms with Gasteiger partial charge in [-0.25, -0.2) is 4.79 Å². The summed E-state index contributed by atoms with van der Waals surface area (Å²) in [4.78, 5) is 12.6. The first-order chi connectivity index (χ1) is 19.1. The Bertz CT molecular complexity index is 1050. The molecule has 1 aromatic rings. The smallest absolute Gasteiger partial charge is 0.407 e. The van der Waals surface area contributed by atoms with Gasteiger partial charge in [0, 0.05) is 17.4 Å². The van der Waals surface area contributed by atoms with Gasteiger partial charge >= 0.3 is 6.09 Å². The SMILES string of the molecule is CC(C)CCC[C@@H](C)C1CCC2[C@@H]3CC=C4CC(OC(=O)NCCc5ccc(Br)cc5)CC[C@]4(C)[C@H]3CC[C@]12C. The maximum Gasteiger partial charge on any atom is 0.407 e. The van der Waals surface area contributed by atoms with Gasteiger partial charge in [-0.3, -0.25) is 0 Å². The van der Waals surface area contributed by atoms with Crippen LogP contribution < -0.4 is 5.32 Å². The summed E-state index contributed by atoms with van der Waals surface area (Å²) in [6.07, 6.45) is 17.4. The van der Waals surface area contributed by atoms with E-state index in [2.05, 4.69) is 74.1 Å². The van der Waals surface area contributed by atoms with Crippen molar-refractivity contribution in [2.24, 2.45) is 46.3 Å². The standard InChI is InChI=1S/C36H54BrNO2/c1-24(2)7-6-8-25(3)31-15-16-32-30-14-11-27-23-29(17-20-35(27,4)33(30)18-21-36(31,32)5)40-34(39)38-22-19-26-9-12-28(37)13-10-26/h9-13,24-25,29-33H,6-8,14-23H2,1-5H3,(H,38,39)/t25-,29?,30+,31?,32?,33+,35+,36-/m1/s1. The Balaban J connectivity index is 1.15. The van der Waals surface area contributed by atoms with E-state index in [1.54, 1.807) is 5.57 Å². The molecule has 0 aromatic heterocycles. The predicted octanol–water partition coefficient (Wildman–Crippen LogP) is 10.1. The van der Waals surface area contributed by atoms with Crippen molar-refractivity contribution in [1.82, 2.24) is 5.32 Å². The van der Waals surface area contributed by atoms with Crippen molar-refractivity contribution in [3.05, 3.63) is 46.0 Å². The summed E-state index contributed by atoms with van der Waals surface area (Å²) in [5.74, 6) is 5.15. The Hall–Kier alpha value is -1.29. The lowest BCUT2D eigenvalue weighted by atomic mass is 9.47. The highest BCUT2D eigenvalue weighted by atomic mass is 79.9. The molecular weight excluding hydrogens is 558 g/mol. The first-order valence-corrected chi connectivity index (χ1v) is 17.3. The number of nitrogens with one attached hydrogen (secondary N) is 1. The highest BCUT2D eigenvalue weighted by Gasteiger charge is 2.59. The summed E-state index contributed by atoms with van der Waals surface area (Å²) in [6, 6.07) is 8.27. The highest BCUT2D eigenvalue weighted by Crippen LogP contribution is 2.67. The van der Waals surface area contributed by atoms with Gasteiger partial charge in [0.1, 0.15) is 6.10 Å². The predicted molar refractivity (Wildman–Crippen MR) is 169 cm³/mol. The zero-order valence-electron chi connectivity index (χ0n) is 25.8. The third kappa shape index (κ3) is 6.23. The Kier molecular flexibility index (Phi) is 9.45. The number of allylic oxidation sites excluding steroid dienone is 1. The normalized spacial score (nSPS) is 35.8. The van der Waals surface area contributed by atoms with Gasteiger partial charge in [0.15, 0.2) is 0 Å². The Morgan fingerprint density at radius 3 is 2.55 bits per heavy atom. The Morgan fingerprint density at radius 1 is 1.02 bits per heavy atom. The number of fused-ring (bicyclic) bond motifs is 5. The fourth-order valence-corrected chi connectivity index (χ4v) is 10.2. The van der Waals surface area contributed by atoms with Crippen LogP contribution in [0, 0.1) is 46.3 Å². The quantitative estimate of drug-likeness (QED) is 0.282. The number of alkyl carbamates (subject to hydrolysis) is 1. The van der Waals surface area contributed by atoms with Crippen molar-refractivity contribution < 1.29 is 9.53 Å². The van der Waals surface area contributed by atoms with E-state index in [-0.39, 0.29) is 12.2 Å². The second kappa shape index (κ2) is 12.5. The summed E-state index contributed by atoms with van der Waals surface area (Å²) in [5.41, 5.74) is 3.64. The third-order valence-electron chi connectivity index (χ3n) is 12.1. The molecule has 0 heterocycles. The van der Waals surface area contributed by atoms with E-state index in [9.17, 15) is 4.79 Å². The largest absolute Gasteiger partial charge is 0.446 e. The van der Waals surface area contributed by atoms with Crippen LogP contribution in [0.3, 0.4) is 0 Å². The van der Waals surface area contributed by atoms with Crippen molar-refractivity contribution in [1.29, 1.82) is 0 Å². The van der Waals surface area contributed by atoms with Gasteiger partial charge < -0.3 is 10.1 Å². The average Bonchev–Trinajstić information content (AvgIpc) is 3.27. The summed E-state index contributed by atoms with van der Waals surface area (Å²) in [5, 5.41) is 2.99. The van der Waals surface area contributed by atoms with Crippen LogP contribution in [-0.2, 0) is 11.2 Å². The van der Waals surface area contributed by atoms with Crippen LogP contribution in [-0.4, -0.2) is 18.7 Å². The van der Waals surface area contributed by atoms with E-state index in [0.29, 0.717) is 17.4 Å². The molecule has 40 heavy (non-hydrogen) atoms. The second-order valence-electron chi connectivity index (χ2n) is 14.9. The fourth-order valence-electron chi connectivity index (χ4n) is 9.91. The van der Waals surface area contributed by atoms with Crippen LogP contribution in [0.2, 0.25) is 0 Å². The third-order valence-corrected chi connectivity index (χ3v) is 12.7. The zero-order valence-corrected chi connectivity index (χ0v) is 27.4. The van der Waals surface area contributed by atoms with Crippen LogP contribution in [0.5, 0.6) is 0 Å². The number of halogens is 1.